The smallest absolute Gasteiger partial charge is 0.375 e. The van der Waals surface area contributed by atoms with Crippen LogP contribution in [-0.2, 0) is 15.7 Å². The Hall–Kier alpha value is -1.26. The van der Waals surface area contributed by atoms with E-state index >= 15 is 0 Å². The minimum atomic E-state index is -4.56. The molecule has 1 saturated heterocycles. The van der Waals surface area contributed by atoms with Crippen molar-refractivity contribution in [3.05, 3.63) is 5.01 Å². The number of aromatic nitrogens is 2. The molecule has 0 unspecified atom stereocenters. The zero-order valence-electron chi connectivity index (χ0n) is 9.82. The summed E-state index contributed by atoms with van der Waals surface area (Å²) in [6.45, 7) is 2.70. The first kappa shape index (κ1) is 14.2. The summed E-state index contributed by atoms with van der Waals surface area (Å²) in [5, 5.41) is 10.2. The zero-order valence-corrected chi connectivity index (χ0v) is 10.6. The fraction of sp³-hybridized carbons (Fsp3) is 0.667. The summed E-state index contributed by atoms with van der Waals surface area (Å²) in [7, 11) is 0. The van der Waals surface area contributed by atoms with E-state index in [1.807, 2.05) is 0 Å². The van der Waals surface area contributed by atoms with Gasteiger partial charge in [-0.2, -0.15) is 13.2 Å². The fourth-order valence-electron chi connectivity index (χ4n) is 1.60. The molecule has 0 aromatic carbocycles. The van der Waals surface area contributed by atoms with Gasteiger partial charge in [0.25, 0.3) is 0 Å². The average molecular weight is 296 g/mol. The van der Waals surface area contributed by atoms with Crippen LogP contribution in [0.15, 0.2) is 0 Å². The van der Waals surface area contributed by atoms with Crippen LogP contribution < -0.4 is 10.6 Å². The van der Waals surface area contributed by atoms with Gasteiger partial charge in [0.1, 0.15) is 6.04 Å². The van der Waals surface area contributed by atoms with Crippen LogP contribution in [-0.4, -0.2) is 41.4 Å². The maximum atomic E-state index is 12.3. The molecule has 1 aliphatic heterocycles. The highest BCUT2D eigenvalue weighted by Gasteiger charge is 2.36. The molecule has 6 nitrogen and oxygen atoms in total. The predicted octanol–water partition coefficient (Wildman–Crippen LogP) is 0.872. The minimum absolute atomic E-state index is 0.183. The highest BCUT2D eigenvalue weighted by atomic mass is 32.1. The SMILES string of the molecule is C[C@H]1OCCN[C@@H]1C(=O)Nc1nnc(C(F)(F)F)s1. The number of hydrogen-bond donors (Lipinski definition) is 2. The molecule has 0 saturated carbocycles. The van der Waals surface area contributed by atoms with Crippen molar-refractivity contribution in [1.82, 2.24) is 15.5 Å². The predicted molar refractivity (Wildman–Crippen MR) is 60.7 cm³/mol. The van der Waals surface area contributed by atoms with Crippen molar-refractivity contribution in [3.63, 3.8) is 0 Å². The average Bonchev–Trinajstić information content (AvgIpc) is 2.77. The second-order valence-electron chi connectivity index (χ2n) is 3.91. The van der Waals surface area contributed by atoms with Crippen molar-refractivity contribution >= 4 is 22.4 Å². The molecule has 19 heavy (non-hydrogen) atoms. The molecule has 0 aliphatic carbocycles. The molecule has 1 amide bonds. The van der Waals surface area contributed by atoms with Crippen LogP contribution in [0.5, 0.6) is 0 Å². The lowest BCUT2D eigenvalue weighted by Gasteiger charge is -2.28. The lowest BCUT2D eigenvalue weighted by molar-refractivity contribution is -0.138. The molecule has 0 bridgehead atoms. The number of carbonyl (C=O) groups is 1. The van der Waals surface area contributed by atoms with Crippen LogP contribution in [0.4, 0.5) is 18.3 Å². The molecule has 0 radical (unpaired) electrons. The van der Waals surface area contributed by atoms with Gasteiger partial charge in [0, 0.05) is 6.54 Å². The number of alkyl halides is 3. The quantitative estimate of drug-likeness (QED) is 0.847. The van der Waals surface area contributed by atoms with Gasteiger partial charge in [-0.25, -0.2) is 0 Å². The van der Waals surface area contributed by atoms with Crippen molar-refractivity contribution in [2.75, 3.05) is 18.5 Å². The number of morpholine rings is 1. The van der Waals surface area contributed by atoms with E-state index in [4.69, 9.17) is 4.74 Å². The van der Waals surface area contributed by atoms with Gasteiger partial charge in [0.2, 0.25) is 16.0 Å². The molecule has 2 rings (SSSR count). The Morgan fingerprint density at radius 2 is 2.26 bits per heavy atom. The second-order valence-corrected chi connectivity index (χ2v) is 4.88. The Morgan fingerprint density at radius 1 is 1.53 bits per heavy atom. The Kier molecular flexibility index (Phi) is 4.02. The summed E-state index contributed by atoms with van der Waals surface area (Å²) in [4.78, 5) is 11.8. The van der Waals surface area contributed by atoms with E-state index in [0.29, 0.717) is 13.2 Å². The maximum absolute atomic E-state index is 12.3. The van der Waals surface area contributed by atoms with Crippen molar-refractivity contribution in [3.8, 4) is 0 Å². The van der Waals surface area contributed by atoms with E-state index in [1.165, 1.54) is 0 Å². The van der Waals surface area contributed by atoms with Gasteiger partial charge in [-0.1, -0.05) is 11.3 Å². The standard InChI is InChI=1S/C9H11F3N4O2S/c1-4-5(13-2-3-18-4)6(17)14-8-16-15-7(19-8)9(10,11)12/h4-5,13H,2-3H2,1H3,(H,14,16,17)/t4-,5+/m1/s1. The van der Waals surface area contributed by atoms with Gasteiger partial charge >= 0.3 is 6.18 Å². The number of anilines is 1. The van der Waals surface area contributed by atoms with Gasteiger partial charge < -0.3 is 10.1 Å². The van der Waals surface area contributed by atoms with E-state index in [-0.39, 0.29) is 22.6 Å². The summed E-state index contributed by atoms with van der Waals surface area (Å²) in [5.41, 5.74) is 0. The Balaban J connectivity index is 2.00. The normalized spacial score (nSPS) is 24.2. The Bertz CT molecular complexity index is 465. The number of halogens is 3. The van der Waals surface area contributed by atoms with Gasteiger partial charge in [0.15, 0.2) is 0 Å². The van der Waals surface area contributed by atoms with Gasteiger partial charge in [0.05, 0.1) is 12.7 Å². The number of nitrogens with zero attached hydrogens (tertiary/aromatic N) is 2. The summed E-state index contributed by atoms with van der Waals surface area (Å²) >= 11 is 0.286. The van der Waals surface area contributed by atoms with E-state index < -0.39 is 23.1 Å². The number of nitrogens with one attached hydrogen (secondary N) is 2. The van der Waals surface area contributed by atoms with Crippen LogP contribution >= 0.6 is 11.3 Å². The molecule has 1 aromatic rings. The maximum Gasteiger partial charge on any atom is 0.445 e. The van der Waals surface area contributed by atoms with Crippen LogP contribution in [0.2, 0.25) is 0 Å². The van der Waals surface area contributed by atoms with Gasteiger partial charge in [-0.3, -0.25) is 10.1 Å². The molecule has 106 valence electrons. The molecule has 1 aliphatic rings. The lowest BCUT2D eigenvalue weighted by Crippen LogP contribution is -2.53. The minimum Gasteiger partial charge on any atom is -0.375 e. The molecular weight excluding hydrogens is 285 g/mol. The van der Waals surface area contributed by atoms with Gasteiger partial charge in [-0.15, -0.1) is 10.2 Å². The highest BCUT2D eigenvalue weighted by molar-refractivity contribution is 7.15. The van der Waals surface area contributed by atoms with Crippen LogP contribution in [0.25, 0.3) is 0 Å². The van der Waals surface area contributed by atoms with Crippen molar-refractivity contribution in [2.24, 2.45) is 0 Å². The molecule has 2 atom stereocenters. The number of hydrogen-bond acceptors (Lipinski definition) is 6. The first-order valence-corrected chi connectivity index (χ1v) is 6.26. The third-order valence-electron chi connectivity index (χ3n) is 2.50. The van der Waals surface area contributed by atoms with Crippen LogP contribution in [0.3, 0.4) is 0 Å². The van der Waals surface area contributed by atoms with E-state index in [2.05, 4.69) is 20.8 Å². The Morgan fingerprint density at radius 3 is 2.84 bits per heavy atom. The second kappa shape index (κ2) is 5.39. The number of rotatable bonds is 2. The topological polar surface area (TPSA) is 76.1 Å². The van der Waals surface area contributed by atoms with E-state index in [0.717, 1.165) is 0 Å². The number of carbonyl (C=O) groups excluding carboxylic acids is 1. The van der Waals surface area contributed by atoms with Crippen molar-refractivity contribution in [2.45, 2.75) is 25.2 Å². The summed E-state index contributed by atoms with van der Waals surface area (Å²) in [5.74, 6) is -0.489. The molecule has 2 N–H and O–H groups in total. The lowest BCUT2D eigenvalue weighted by atomic mass is 10.1. The largest absolute Gasteiger partial charge is 0.445 e. The molecule has 1 fully saturated rings. The fourth-order valence-corrected chi connectivity index (χ4v) is 2.21. The molecule has 2 heterocycles. The third kappa shape index (κ3) is 3.39. The summed E-state index contributed by atoms with van der Waals surface area (Å²) in [6.07, 6.45) is -4.91. The first-order chi connectivity index (χ1) is 8.88. The molecule has 10 heteroatoms. The first-order valence-electron chi connectivity index (χ1n) is 5.44. The Labute approximate surface area is 110 Å². The zero-order chi connectivity index (χ0) is 14.0. The van der Waals surface area contributed by atoms with Crippen molar-refractivity contribution in [1.29, 1.82) is 0 Å². The van der Waals surface area contributed by atoms with Crippen molar-refractivity contribution < 1.29 is 22.7 Å². The monoisotopic (exact) mass is 296 g/mol. The number of ether oxygens (including phenoxy) is 1. The van der Waals surface area contributed by atoms with Crippen LogP contribution in [0.1, 0.15) is 11.9 Å². The third-order valence-corrected chi connectivity index (χ3v) is 3.38. The number of amides is 1. The van der Waals surface area contributed by atoms with E-state index in [1.54, 1.807) is 6.92 Å². The molecule has 1 aromatic heterocycles. The molecular formula is C9H11F3N4O2S. The van der Waals surface area contributed by atoms with E-state index in [9.17, 15) is 18.0 Å². The van der Waals surface area contributed by atoms with Crippen LogP contribution in [0, 0.1) is 0 Å². The highest BCUT2D eigenvalue weighted by Crippen LogP contribution is 2.33. The van der Waals surface area contributed by atoms with Gasteiger partial charge in [-0.05, 0) is 6.92 Å². The summed E-state index contributed by atoms with van der Waals surface area (Å²) in [6, 6.07) is -0.619. The molecule has 0 spiro atoms. The summed E-state index contributed by atoms with van der Waals surface area (Å²) < 4.78 is 42.2.